The third-order valence-corrected chi connectivity index (χ3v) is 5.44. The molecule has 3 aromatic rings. The summed E-state index contributed by atoms with van der Waals surface area (Å²) >= 11 is 5.94. The lowest BCUT2D eigenvalue weighted by atomic mass is 9.89. The summed E-state index contributed by atoms with van der Waals surface area (Å²) in [5, 5.41) is 0.528. The fraction of sp³-hybridized carbons (Fsp3) is 0.174. The zero-order valence-electron chi connectivity index (χ0n) is 14.6. The topological polar surface area (TPSA) is 26.3 Å². The minimum absolute atomic E-state index is 0.0548. The van der Waals surface area contributed by atoms with E-state index >= 15 is 4.39 Å². The first-order chi connectivity index (χ1) is 13.1. The molecule has 0 aliphatic heterocycles. The highest BCUT2D eigenvalue weighted by Crippen LogP contribution is 2.67. The second-order valence-electron chi connectivity index (χ2n) is 6.82. The molecule has 0 bridgehead atoms. The van der Waals surface area contributed by atoms with Gasteiger partial charge >= 0.3 is 5.97 Å². The Balaban J connectivity index is 1.66. The van der Waals surface area contributed by atoms with Crippen molar-refractivity contribution in [3.8, 4) is 0 Å². The molecule has 0 aromatic heterocycles. The first kappa shape index (κ1) is 17.7. The van der Waals surface area contributed by atoms with E-state index in [4.69, 9.17) is 16.3 Å². The molecule has 1 fully saturated rings. The number of carbonyl (C=O) groups excluding carboxylic acids is 1. The minimum Gasteiger partial charge on any atom is -0.460 e. The molecule has 4 rings (SSSR count). The van der Waals surface area contributed by atoms with Crippen LogP contribution in [0.2, 0.25) is 5.02 Å². The SMILES string of the molecule is O=C(OCc1ccccc1)[C@]1(c2ccccc2)C[C@@]1(F)c1ccc(Cl)cc1. The normalized spacial score (nSPS) is 23.6. The molecule has 1 saturated carbocycles. The maximum atomic E-state index is 16.0. The van der Waals surface area contributed by atoms with Gasteiger partial charge in [0, 0.05) is 11.4 Å². The van der Waals surface area contributed by atoms with Gasteiger partial charge in [-0.05, 0) is 28.8 Å². The van der Waals surface area contributed by atoms with Crippen molar-refractivity contribution in [2.24, 2.45) is 0 Å². The zero-order valence-corrected chi connectivity index (χ0v) is 15.3. The third kappa shape index (κ3) is 3.02. The van der Waals surface area contributed by atoms with Crippen molar-refractivity contribution >= 4 is 17.6 Å². The standard InChI is InChI=1S/C23H18ClFO2/c24-20-13-11-19(12-14-20)23(25)16-22(23,18-9-5-2-6-10-18)21(26)27-15-17-7-3-1-4-8-17/h1-14H,15-16H2/t22-,23-/m1/s1. The van der Waals surface area contributed by atoms with Crippen LogP contribution < -0.4 is 0 Å². The summed E-state index contributed by atoms with van der Waals surface area (Å²) in [4.78, 5) is 13.1. The second-order valence-corrected chi connectivity index (χ2v) is 7.25. The quantitative estimate of drug-likeness (QED) is 0.539. The van der Waals surface area contributed by atoms with Gasteiger partial charge in [-0.1, -0.05) is 84.4 Å². The summed E-state index contributed by atoms with van der Waals surface area (Å²) in [6.07, 6.45) is 0.0548. The summed E-state index contributed by atoms with van der Waals surface area (Å²) in [5.41, 5.74) is -1.22. The average Bonchev–Trinajstić information content (AvgIpc) is 3.36. The van der Waals surface area contributed by atoms with Crippen LogP contribution in [0.3, 0.4) is 0 Å². The summed E-state index contributed by atoms with van der Waals surface area (Å²) in [6.45, 7) is 0.116. The van der Waals surface area contributed by atoms with Crippen molar-refractivity contribution in [3.63, 3.8) is 0 Å². The van der Waals surface area contributed by atoms with E-state index in [1.807, 2.05) is 48.5 Å². The Kier molecular flexibility index (Phi) is 4.48. The van der Waals surface area contributed by atoms with Gasteiger partial charge in [-0.3, -0.25) is 4.79 Å². The molecule has 0 saturated heterocycles. The number of alkyl halides is 1. The molecule has 0 spiro atoms. The molecule has 1 aliphatic carbocycles. The van der Waals surface area contributed by atoms with Crippen molar-refractivity contribution in [1.29, 1.82) is 0 Å². The highest BCUT2D eigenvalue weighted by molar-refractivity contribution is 6.30. The number of benzene rings is 3. The van der Waals surface area contributed by atoms with Gasteiger partial charge in [0.15, 0.2) is 5.67 Å². The van der Waals surface area contributed by atoms with Crippen molar-refractivity contribution in [3.05, 3.63) is 107 Å². The summed E-state index contributed by atoms with van der Waals surface area (Å²) in [6, 6.07) is 25.0. The number of ether oxygens (including phenoxy) is 1. The summed E-state index contributed by atoms with van der Waals surface area (Å²) in [5.74, 6) is -0.546. The summed E-state index contributed by atoms with van der Waals surface area (Å²) in [7, 11) is 0. The largest absolute Gasteiger partial charge is 0.460 e. The highest BCUT2D eigenvalue weighted by atomic mass is 35.5. The molecule has 3 aromatic carbocycles. The second kappa shape index (κ2) is 6.82. The molecule has 0 radical (unpaired) electrons. The number of hydrogen-bond acceptors (Lipinski definition) is 2. The zero-order chi connectivity index (χ0) is 18.9. The van der Waals surface area contributed by atoms with Gasteiger partial charge in [0.25, 0.3) is 0 Å². The van der Waals surface area contributed by atoms with Gasteiger partial charge in [-0.15, -0.1) is 0 Å². The molecule has 2 nitrogen and oxygen atoms in total. The van der Waals surface area contributed by atoms with Crippen LogP contribution >= 0.6 is 11.6 Å². The van der Waals surface area contributed by atoms with Crippen molar-refractivity contribution in [2.45, 2.75) is 24.1 Å². The Morgan fingerprint density at radius 2 is 1.48 bits per heavy atom. The van der Waals surface area contributed by atoms with Gasteiger partial charge in [0.1, 0.15) is 12.0 Å². The van der Waals surface area contributed by atoms with E-state index in [0.29, 0.717) is 16.1 Å². The predicted molar refractivity (Wildman–Crippen MR) is 103 cm³/mol. The van der Waals surface area contributed by atoms with E-state index in [-0.39, 0.29) is 13.0 Å². The number of carbonyl (C=O) groups is 1. The molecule has 1 aliphatic rings. The Morgan fingerprint density at radius 3 is 2.11 bits per heavy atom. The minimum atomic E-state index is -1.81. The van der Waals surface area contributed by atoms with E-state index in [9.17, 15) is 4.79 Å². The van der Waals surface area contributed by atoms with Gasteiger partial charge in [-0.2, -0.15) is 0 Å². The van der Waals surface area contributed by atoms with Crippen LogP contribution in [-0.4, -0.2) is 5.97 Å². The van der Waals surface area contributed by atoms with Crippen molar-refractivity contribution in [1.82, 2.24) is 0 Å². The molecule has 4 heteroatoms. The summed E-state index contributed by atoms with van der Waals surface area (Å²) < 4.78 is 21.5. The molecule has 0 N–H and O–H groups in total. The lowest BCUT2D eigenvalue weighted by Gasteiger charge is -2.20. The first-order valence-electron chi connectivity index (χ1n) is 8.78. The lowest BCUT2D eigenvalue weighted by Crippen LogP contribution is -2.30. The molecular weight excluding hydrogens is 363 g/mol. The molecule has 136 valence electrons. The van der Waals surface area contributed by atoms with Gasteiger partial charge in [0.05, 0.1) is 0 Å². The number of halogens is 2. The molecular formula is C23H18ClFO2. The maximum absolute atomic E-state index is 16.0. The fourth-order valence-corrected chi connectivity index (χ4v) is 3.76. The van der Waals surface area contributed by atoms with Crippen LogP contribution in [0.4, 0.5) is 4.39 Å². The molecule has 0 heterocycles. The molecule has 27 heavy (non-hydrogen) atoms. The Morgan fingerprint density at radius 1 is 0.889 bits per heavy atom. The monoisotopic (exact) mass is 380 g/mol. The van der Waals surface area contributed by atoms with Crippen LogP contribution in [0.5, 0.6) is 0 Å². The number of rotatable bonds is 5. The van der Waals surface area contributed by atoms with E-state index < -0.39 is 17.1 Å². The van der Waals surface area contributed by atoms with E-state index in [1.54, 1.807) is 36.4 Å². The smallest absolute Gasteiger partial charge is 0.320 e. The molecule has 0 unspecified atom stereocenters. The molecule has 0 amide bonds. The van der Waals surface area contributed by atoms with Crippen LogP contribution in [0.1, 0.15) is 23.1 Å². The van der Waals surface area contributed by atoms with E-state index in [2.05, 4.69) is 0 Å². The van der Waals surface area contributed by atoms with Crippen LogP contribution in [-0.2, 0) is 27.2 Å². The van der Waals surface area contributed by atoms with Gasteiger partial charge < -0.3 is 4.74 Å². The lowest BCUT2D eigenvalue weighted by molar-refractivity contribution is -0.149. The van der Waals surface area contributed by atoms with E-state index in [1.165, 1.54) is 0 Å². The predicted octanol–water partition coefficient (Wildman–Crippen LogP) is 5.59. The van der Waals surface area contributed by atoms with Crippen molar-refractivity contribution < 1.29 is 13.9 Å². The van der Waals surface area contributed by atoms with Crippen molar-refractivity contribution in [2.75, 3.05) is 0 Å². The van der Waals surface area contributed by atoms with Gasteiger partial charge in [-0.25, -0.2) is 4.39 Å². The van der Waals surface area contributed by atoms with Crippen LogP contribution in [0.15, 0.2) is 84.9 Å². The maximum Gasteiger partial charge on any atom is 0.320 e. The third-order valence-electron chi connectivity index (χ3n) is 5.19. The van der Waals surface area contributed by atoms with Crippen LogP contribution in [0, 0.1) is 0 Å². The Labute approximate surface area is 162 Å². The Bertz CT molecular complexity index is 943. The number of hydrogen-bond donors (Lipinski definition) is 0. The van der Waals surface area contributed by atoms with Gasteiger partial charge in [0.2, 0.25) is 0 Å². The Hall–Kier alpha value is -2.65. The van der Waals surface area contributed by atoms with Crippen LogP contribution in [0.25, 0.3) is 0 Å². The average molecular weight is 381 g/mol. The van der Waals surface area contributed by atoms with E-state index in [0.717, 1.165) is 5.56 Å². The molecule has 2 atom stereocenters. The number of esters is 1. The fourth-order valence-electron chi connectivity index (χ4n) is 3.64. The first-order valence-corrected chi connectivity index (χ1v) is 9.16. The highest BCUT2D eigenvalue weighted by Gasteiger charge is 2.76.